The number of nitrogens with two attached hydrogens (primary N) is 1. The number of nitrogens with zero attached hydrogens (tertiary/aromatic N) is 1. The van der Waals surface area contributed by atoms with E-state index in [0.717, 1.165) is 34.0 Å². The molecule has 0 aliphatic carbocycles. The molecule has 0 saturated carbocycles. The second-order valence-electron chi connectivity index (χ2n) is 4.77. The average Bonchev–Trinajstić information content (AvgIpc) is 2.41. The highest BCUT2D eigenvalue weighted by molar-refractivity contribution is 9.10. The highest BCUT2D eigenvalue weighted by Gasteiger charge is 2.09. The molecule has 0 radical (unpaired) electrons. The van der Waals surface area contributed by atoms with Gasteiger partial charge in [0, 0.05) is 38.7 Å². The van der Waals surface area contributed by atoms with E-state index < -0.39 is 10.8 Å². The van der Waals surface area contributed by atoms with Gasteiger partial charge in [0.1, 0.15) is 0 Å². The Bertz CT molecular complexity index is 642. The first-order chi connectivity index (χ1) is 9.49. The quantitative estimate of drug-likeness (QED) is 0.864. The van der Waals surface area contributed by atoms with E-state index in [9.17, 15) is 4.21 Å². The summed E-state index contributed by atoms with van der Waals surface area (Å²) in [6, 6.07) is 5.91. The molecule has 1 aromatic carbocycles. The molecule has 3 N–H and O–H groups in total. The molecule has 0 spiro atoms. The summed E-state index contributed by atoms with van der Waals surface area (Å²) in [7, 11) is -0.795. The first-order valence-electron chi connectivity index (χ1n) is 6.39. The lowest BCUT2D eigenvalue weighted by Gasteiger charge is -2.14. The first kappa shape index (κ1) is 15.3. The lowest BCUT2D eigenvalue weighted by molar-refractivity contribution is 0.672. The zero-order valence-electron chi connectivity index (χ0n) is 11.5. The number of nitrogens with one attached hydrogen (secondary N) is 1. The van der Waals surface area contributed by atoms with E-state index in [1.54, 1.807) is 12.5 Å². The molecule has 0 saturated heterocycles. The van der Waals surface area contributed by atoms with Crippen LogP contribution in [0.25, 0.3) is 10.9 Å². The fourth-order valence-electron chi connectivity index (χ4n) is 1.94. The standard InChI is InChI=1S/C14H18BrN3OS/c1-9(20(2)19)5-6-17-14-11-7-10(15)3-4-13(11)18-8-12(14)16/h3-4,7-9H,5-6,16H2,1-2H3,(H,17,18). The molecule has 2 atom stereocenters. The normalized spacial score (nSPS) is 14.2. The highest BCUT2D eigenvalue weighted by Crippen LogP contribution is 2.30. The predicted octanol–water partition coefficient (Wildman–Crippen LogP) is 3.15. The van der Waals surface area contributed by atoms with E-state index in [-0.39, 0.29) is 5.25 Å². The second kappa shape index (κ2) is 6.54. The number of fused-ring (bicyclic) bond motifs is 1. The lowest BCUT2D eigenvalue weighted by atomic mass is 10.1. The van der Waals surface area contributed by atoms with Crippen molar-refractivity contribution in [1.82, 2.24) is 4.98 Å². The summed E-state index contributed by atoms with van der Waals surface area (Å²) >= 11 is 3.47. The Kier molecular flexibility index (Phi) is 4.99. The van der Waals surface area contributed by atoms with Crippen LogP contribution in [0.1, 0.15) is 13.3 Å². The van der Waals surface area contributed by atoms with Crippen LogP contribution in [0, 0.1) is 0 Å². The van der Waals surface area contributed by atoms with Gasteiger partial charge < -0.3 is 11.1 Å². The van der Waals surface area contributed by atoms with Crippen LogP contribution in [0.2, 0.25) is 0 Å². The summed E-state index contributed by atoms with van der Waals surface area (Å²) in [6.07, 6.45) is 4.23. The van der Waals surface area contributed by atoms with Gasteiger partial charge in [0.15, 0.2) is 0 Å². The third-order valence-corrected chi connectivity index (χ3v) is 5.14. The Morgan fingerprint density at radius 2 is 2.25 bits per heavy atom. The number of benzene rings is 1. The Labute approximate surface area is 129 Å². The van der Waals surface area contributed by atoms with Crippen molar-refractivity contribution in [2.45, 2.75) is 18.6 Å². The van der Waals surface area contributed by atoms with E-state index in [2.05, 4.69) is 26.2 Å². The van der Waals surface area contributed by atoms with Crippen LogP contribution >= 0.6 is 15.9 Å². The molecule has 0 aliphatic heterocycles. The first-order valence-corrected chi connectivity index (χ1v) is 8.80. The largest absolute Gasteiger partial charge is 0.396 e. The highest BCUT2D eigenvalue weighted by atomic mass is 79.9. The van der Waals surface area contributed by atoms with Gasteiger partial charge in [-0.2, -0.15) is 0 Å². The van der Waals surface area contributed by atoms with Crippen LogP contribution in [-0.4, -0.2) is 27.2 Å². The number of hydrogen-bond donors (Lipinski definition) is 2. The molecular formula is C14H18BrN3OS. The molecule has 4 nitrogen and oxygen atoms in total. The van der Waals surface area contributed by atoms with E-state index in [1.165, 1.54) is 0 Å². The summed E-state index contributed by atoms with van der Waals surface area (Å²) in [6.45, 7) is 2.72. The van der Waals surface area contributed by atoms with Crippen molar-refractivity contribution in [3.8, 4) is 0 Å². The maximum atomic E-state index is 11.4. The van der Waals surface area contributed by atoms with Gasteiger partial charge in [-0.1, -0.05) is 22.9 Å². The molecular weight excluding hydrogens is 338 g/mol. The summed E-state index contributed by atoms with van der Waals surface area (Å²) in [5.41, 5.74) is 8.43. The van der Waals surface area contributed by atoms with Gasteiger partial charge in [-0.15, -0.1) is 0 Å². The topological polar surface area (TPSA) is 68.0 Å². The Hall–Kier alpha value is -1.14. The van der Waals surface area contributed by atoms with Crippen molar-refractivity contribution in [2.24, 2.45) is 0 Å². The van der Waals surface area contributed by atoms with Crippen LogP contribution in [0.3, 0.4) is 0 Å². The summed E-state index contributed by atoms with van der Waals surface area (Å²) in [4.78, 5) is 4.32. The molecule has 0 bridgehead atoms. The molecule has 20 heavy (non-hydrogen) atoms. The van der Waals surface area contributed by atoms with Gasteiger partial charge in [0.25, 0.3) is 0 Å². The third-order valence-electron chi connectivity index (χ3n) is 3.28. The summed E-state index contributed by atoms with van der Waals surface area (Å²) in [5, 5.41) is 4.51. The minimum absolute atomic E-state index is 0.170. The van der Waals surface area contributed by atoms with Crippen LogP contribution in [-0.2, 0) is 10.8 Å². The molecule has 1 heterocycles. The van der Waals surface area contributed by atoms with Gasteiger partial charge in [-0.25, -0.2) is 0 Å². The monoisotopic (exact) mass is 355 g/mol. The molecule has 108 valence electrons. The molecule has 2 unspecified atom stereocenters. The minimum atomic E-state index is -0.795. The van der Waals surface area contributed by atoms with E-state index in [0.29, 0.717) is 5.69 Å². The molecule has 2 aromatic rings. The molecule has 0 aliphatic rings. The van der Waals surface area contributed by atoms with E-state index in [1.807, 2.05) is 25.1 Å². The van der Waals surface area contributed by atoms with E-state index >= 15 is 0 Å². The van der Waals surface area contributed by atoms with Gasteiger partial charge in [-0.05, 0) is 24.6 Å². The minimum Gasteiger partial charge on any atom is -0.396 e. The SMILES string of the molecule is CC(CCNc1c(N)cnc2ccc(Br)cc12)S(C)=O. The van der Waals surface area contributed by atoms with Crippen LogP contribution in [0.4, 0.5) is 11.4 Å². The maximum Gasteiger partial charge on any atom is 0.0743 e. The van der Waals surface area contributed by atoms with Crippen LogP contribution in [0.15, 0.2) is 28.9 Å². The van der Waals surface area contributed by atoms with Crippen LogP contribution < -0.4 is 11.1 Å². The Morgan fingerprint density at radius 1 is 1.50 bits per heavy atom. The van der Waals surface area contributed by atoms with Gasteiger partial charge in [-0.3, -0.25) is 9.19 Å². The number of rotatable bonds is 5. The smallest absolute Gasteiger partial charge is 0.0743 e. The number of anilines is 2. The van der Waals surface area contributed by atoms with Crippen molar-refractivity contribution in [1.29, 1.82) is 0 Å². The number of halogens is 1. The fourth-order valence-corrected chi connectivity index (χ4v) is 2.75. The van der Waals surface area contributed by atoms with Crippen molar-refractivity contribution in [3.63, 3.8) is 0 Å². The lowest BCUT2D eigenvalue weighted by Crippen LogP contribution is -2.15. The summed E-state index contributed by atoms with van der Waals surface area (Å²) in [5.74, 6) is 0. The van der Waals surface area contributed by atoms with Crippen molar-refractivity contribution in [2.75, 3.05) is 23.9 Å². The molecule has 0 amide bonds. The van der Waals surface area contributed by atoms with Gasteiger partial charge in [0.05, 0.1) is 23.1 Å². The fraction of sp³-hybridized carbons (Fsp3) is 0.357. The van der Waals surface area contributed by atoms with E-state index in [4.69, 9.17) is 5.73 Å². The number of aromatic nitrogens is 1. The number of nitrogen functional groups attached to an aromatic ring is 1. The molecule has 1 aromatic heterocycles. The Balaban J connectivity index is 2.22. The molecule has 0 fully saturated rings. The van der Waals surface area contributed by atoms with Crippen molar-refractivity contribution < 1.29 is 4.21 Å². The van der Waals surface area contributed by atoms with Gasteiger partial charge >= 0.3 is 0 Å². The van der Waals surface area contributed by atoms with Crippen molar-refractivity contribution >= 4 is 49.0 Å². The Morgan fingerprint density at radius 3 is 2.95 bits per heavy atom. The zero-order valence-corrected chi connectivity index (χ0v) is 13.9. The third kappa shape index (κ3) is 3.49. The predicted molar refractivity (Wildman–Crippen MR) is 90.5 cm³/mol. The maximum absolute atomic E-state index is 11.4. The molecule has 2 rings (SSSR count). The zero-order chi connectivity index (χ0) is 14.7. The number of pyridine rings is 1. The molecule has 6 heteroatoms. The average molecular weight is 356 g/mol. The van der Waals surface area contributed by atoms with Crippen molar-refractivity contribution in [3.05, 3.63) is 28.9 Å². The number of hydrogen-bond acceptors (Lipinski definition) is 4. The summed E-state index contributed by atoms with van der Waals surface area (Å²) < 4.78 is 12.3. The second-order valence-corrected chi connectivity index (χ2v) is 7.49. The van der Waals surface area contributed by atoms with Gasteiger partial charge in [0.2, 0.25) is 0 Å². The van der Waals surface area contributed by atoms with Crippen LogP contribution in [0.5, 0.6) is 0 Å².